The van der Waals surface area contributed by atoms with Gasteiger partial charge in [-0.3, -0.25) is 0 Å². The molecule has 0 atom stereocenters. The van der Waals surface area contributed by atoms with Crippen LogP contribution in [0.25, 0.3) is 0 Å². The first-order chi connectivity index (χ1) is 2.89. The summed E-state index contributed by atoms with van der Waals surface area (Å²) in [4.78, 5) is 2.95. The van der Waals surface area contributed by atoms with Crippen LogP contribution in [0.5, 0.6) is 0 Å². The van der Waals surface area contributed by atoms with Crippen LogP contribution in [0.3, 0.4) is 0 Å². The Morgan fingerprint density at radius 1 is 1.38 bits per heavy atom. The van der Waals surface area contributed by atoms with E-state index in [1.807, 2.05) is 18.3 Å². The van der Waals surface area contributed by atoms with Gasteiger partial charge in [-0.05, 0) is 0 Å². The van der Waals surface area contributed by atoms with Gasteiger partial charge in [0.2, 0.25) is 0 Å². The van der Waals surface area contributed by atoms with Gasteiger partial charge in [-0.25, -0.2) is 0 Å². The molecule has 0 fully saturated rings. The second-order valence-electron chi connectivity index (χ2n) is 0.994. The van der Waals surface area contributed by atoms with E-state index < -0.39 is 0 Å². The molecular formula is C4H4F2NRh. The predicted octanol–water partition coefficient (Wildman–Crippen LogP) is -5.81. The average molecular weight is 207 g/mol. The van der Waals surface area contributed by atoms with E-state index in [1.165, 1.54) is 0 Å². The van der Waals surface area contributed by atoms with E-state index in [1.54, 1.807) is 0 Å². The van der Waals surface area contributed by atoms with E-state index in [4.69, 9.17) is 0 Å². The van der Waals surface area contributed by atoms with Crippen LogP contribution in [0.1, 0.15) is 0 Å². The number of aromatic nitrogens is 1. The van der Waals surface area contributed by atoms with Gasteiger partial charge < -0.3 is 9.41 Å². The van der Waals surface area contributed by atoms with Crippen molar-refractivity contribution in [1.82, 2.24) is 4.98 Å². The molecule has 1 N–H and O–H groups in total. The maximum absolute atomic E-state index is 2.95. The Balaban J connectivity index is 0. The van der Waals surface area contributed by atoms with E-state index in [0.29, 0.717) is 0 Å². The molecule has 1 aromatic heterocycles. The summed E-state index contributed by atoms with van der Waals surface area (Å²) in [7, 11) is 0. The zero-order valence-corrected chi connectivity index (χ0v) is 5.46. The van der Waals surface area contributed by atoms with Gasteiger partial charge in [0, 0.05) is 0 Å². The number of hydrogen-bond donors (Lipinski definition) is 1. The maximum atomic E-state index is 2.95. The fourth-order valence-electron chi connectivity index (χ4n) is 0.300. The number of aromatic amines is 1. The summed E-state index contributed by atoms with van der Waals surface area (Å²) in [5.41, 5.74) is 0. The van der Waals surface area contributed by atoms with Crippen LogP contribution in [0.15, 0.2) is 18.3 Å². The quantitative estimate of drug-likeness (QED) is 0.408. The zero-order chi connectivity index (χ0) is 4.41. The zero-order valence-electron chi connectivity index (χ0n) is 3.82. The molecule has 1 heterocycles. The number of nitrogens with one attached hydrogen (secondary N) is 1. The third-order valence-electron chi connectivity index (χ3n) is 0.546. The minimum atomic E-state index is 0. The van der Waals surface area contributed by atoms with Crippen LogP contribution >= 0.6 is 0 Å². The first-order valence-electron chi connectivity index (χ1n) is 1.66. The van der Waals surface area contributed by atoms with Gasteiger partial charge in [-0.1, -0.05) is 0 Å². The second kappa shape index (κ2) is 4.91. The topological polar surface area (TPSA) is 15.8 Å². The molecule has 0 aromatic carbocycles. The predicted molar refractivity (Wildman–Crippen MR) is 20.4 cm³/mol. The third kappa shape index (κ3) is 2.86. The van der Waals surface area contributed by atoms with Crippen molar-refractivity contribution in [2.75, 3.05) is 0 Å². The summed E-state index contributed by atoms with van der Waals surface area (Å²) in [6.45, 7) is 0. The molecule has 1 nitrogen and oxygen atoms in total. The Kier molecular flexibility index (Phi) is 6.56. The number of H-pyrrole nitrogens is 1. The van der Waals surface area contributed by atoms with Gasteiger partial charge >= 0.3 is 45.9 Å². The molecule has 0 aliphatic rings. The molecule has 1 aromatic rings. The molecule has 0 radical (unpaired) electrons. The van der Waals surface area contributed by atoms with Crippen molar-refractivity contribution in [3.63, 3.8) is 0 Å². The molecule has 8 heavy (non-hydrogen) atoms. The SMILES string of the molecule is [F-].[F-].[Rh+2][c]1ccc[nH]1. The van der Waals surface area contributed by atoms with Gasteiger partial charge in [0.25, 0.3) is 0 Å². The van der Waals surface area contributed by atoms with Gasteiger partial charge in [0.15, 0.2) is 0 Å². The van der Waals surface area contributed by atoms with Crippen molar-refractivity contribution >= 4 is 4.29 Å². The monoisotopic (exact) mass is 207 g/mol. The molecule has 0 aliphatic heterocycles. The van der Waals surface area contributed by atoms with Crippen molar-refractivity contribution in [2.45, 2.75) is 0 Å². The molecule has 0 unspecified atom stereocenters. The Morgan fingerprint density at radius 3 is 2.12 bits per heavy atom. The van der Waals surface area contributed by atoms with E-state index >= 15 is 0 Å². The Hall–Kier alpha value is -0.237. The molecule has 0 aliphatic carbocycles. The molecule has 0 saturated heterocycles. The van der Waals surface area contributed by atoms with Crippen LogP contribution < -0.4 is 13.7 Å². The Labute approximate surface area is 55.9 Å². The Morgan fingerprint density at radius 2 is 2.00 bits per heavy atom. The molecule has 48 valence electrons. The van der Waals surface area contributed by atoms with Crippen molar-refractivity contribution in [3.8, 4) is 0 Å². The minimum absolute atomic E-state index is 0. The van der Waals surface area contributed by atoms with Crippen molar-refractivity contribution < 1.29 is 27.7 Å². The Bertz CT molecular complexity index is 118. The van der Waals surface area contributed by atoms with Crippen LogP contribution in [0.2, 0.25) is 0 Å². The summed E-state index contributed by atoms with van der Waals surface area (Å²) in [6, 6.07) is 3.93. The molecule has 0 saturated carbocycles. The standard InChI is InChI=1S/C4H4N.2FH.Rh/c1-2-4-5-3-1;;;/h1-3,5H;2*1H;/q;;;+2/p-2. The fraction of sp³-hybridized carbons (Fsp3) is 0. The molecule has 0 bridgehead atoms. The van der Waals surface area contributed by atoms with Gasteiger partial charge in [-0.2, -0.15) is 0 Å². The van der Waals surface area contributed by atoms with Crippen LogP contribution in [0.4, 0.5) is 0 Å². The summed E-state index contributed by atoms with van der Waals surface area (Å²) in [5.74, 6) is 0. The normalized spacial score (nSPS) is 6.62. The number of rotatable bonds is 0. The molecule has 4 heteroatoms. The third-order valence-corrected chi connectivity index (χ3v) is 1.06. The molecular weight excluding hydrogens is 203 g/mol. The summed E-state index contributed by atoms with van der Waals surface area (Å²) >= 11 is 2.73. The van der Waals surface area contributed by atoms with Crippen LogP contribution in [0, 0.1) is 0 Å². The van der Waals surface area contributed by atoms with E-state index in [2.05, 4.69) is 23.3 Å². The van der Waals surface area contributed by atoms with Crippen molar-refractivity contribution in [3.05, 3.63) is 18.3 Å². The fourth-order valence-corrected chi connectivity index (χ4v) is 0.595. The second-order valence-corrected chi connectivity index (χ2v) is 1.88. The van der Waals surface area contributed by atoms with Gasteiger partial charge in [0.05, 0.1) is 0 Å². The molecule has 0 spiro atoms. The number of hydrogen-bond acceptors (Lipinski definition) is 0. The van der Waals surface area contributed by atoms with E-state index in [9.17, 15) is 0 Å². The van der Waals surface area contributed by atoms with Crippen molar-refractivity contribution in [2.24, 2.45) is 0 Å². The summed E-state index contributed by atoms with van der Waals surface area (Å²) in [6.07, 6.45) is 1.88. The van der Waals surface area contributed by atoms with E-state index in [0.717, 1.165) is 4.29 Å². The molecule has 1 rings (SSSR count). The number of halogens is 2. The van der Waals surface area contributed by atoms with E-state index in [-0.39, 0.29) is 9.41 Å². The average Bonchev–Trinajstić information content (AvgIpc) is 1.86. The van der Waals surface area contributed by atoms with Crippen LogP contribution in [-0.2, 0) is 18.3 Å². The van der Waals surface area contributed by atoms with Gasteiger partial charge in [-0.15, -0.1) is 0 Å². The summed E-state index contributed by atoms with van der Waals surface area (Å²) in [5, 5.41) is 0. The van der Waals surface area contributed by atoms with Crippen LogP contribution in [-0.4, -0.2) is 4.98 Å². The summed E-state index contributed by atoms with van der Waals surface area (Å²) < 4.78 is 1.11. The molecule has 0 amide bonds. The van der Waals surface area contributed by atoms with Gasteiger partial charge in [0.1, 0.15) is 0 Å². The van der Waals surface area contributed by atoms with Crippen molar-refractivity contribution in [1.29, 1.82) is 0 Å². The first-order valence-corrected chi connectivity index (χ1v) is 2.48. The first kappa shape index (κ1) is 10.7.